The van der Waals surface area contributed by atoms with Gasteiger partial charge in [-0.25, -0.2) is 14.5 Å². The smallest absolute Gasteiger partial charge is 0.170 e. The van der Waals surface area contributed by atoms with Gasteiger partial charge < -0.3 is 0 Å². The van der Waals surface area contributed by atoms with Gasteiger partial charge in [0.05, 0.1) is 9.99 Å². The number of aromatic nitrogens is 4. The van der Waals surface area contributed by atoms with E-state index in [-0.39, 0.29) is 0 Å². The molecular formula is C9H4BrClN4. The summed E-state index contributed by atoms with van der Waals surface area (Å²) in [7, 11) is 0. The second-order valence-corrected chi connectivity index (χ2v) is 4.30. The van der Waals surface area contributed by atoms with Crippen LogP contribution < -0.4 is 0 Å². The molecule has 0 radical (unpaired) electrons. The quantitative estimate of drug-likeness (QED) is 0.596. The van der Waals surface area contributed by atoms with Crippen LogP contribution in [0.25, 0.3) is 16.6 Å². The fourth-order valence-electron chi connectivity index (χ4n) is 1.51. The first kappa shape index (κ1) is 9.06. The molecule has 0 atom stereocenters. The highest BCUT2D eigenvalue weighted by Gasteiger charge is 2.07. The Balaban J connectivity index is 2.61. The molecule has 0 aliphatic heterocycles. The zero-order valence-electron chi connectivity index (χ0n) is 7.35. The summed E-state index contributed by atoms with van der Waals surface area (Å²) < 4.78 is 2.61. The molecular weight excluding hydrogens is 279 g/mol. The summed E-state index contributed by atoms with van der Waals surface area (Å²) in [4.78, 5) is 8.16. The first-order valence-electron chi connectivity index (χ1n) is 4.19. The van der Waals surface area contributed by atoms with Crippen molar-refractivity contribution in [2.45, 2.75) is 0 Å². The lowest BCUT2D eigenvalue weighted by molar-refractivity contribution is 0.999. The van der Waals surface area contributed by atoms with E-state index < -0.39 is 0 Å². The van der Waals surface area contributed by atoms with Gasteiger partial charge in [-0.1, -0.05) is 11.6 Å². The summed E-state index contributed by atoms with van der Waals surface area (Å²) in [6.45, 7) is 0. The van der Waals surface area contributed by atoms with E-state index in [4.69, 9.17) is 11.6 Å². The maximum absolute atomic E-state index is 5.84. The van der Waals surface area contributed by atoms with Crippen LogP contribution in [0.1, 0.15) is 0 Å². The van der Waals surface area contributed by atoms with Gasteiger partial charge in [0.25, 0.3) is 0 Å². The van der Waals surface area contributed by atoms with Gasteiger partial charge in [0.15, 0.2) is 5.65 Å². The Hall–Kier alpha value is -1.20. The van der Waals surface area contributed by atoms with Crippen LogP contribution in [0.3, 0.4) is 0 Å². The molecule has 0 amide bonds. The highest BCUT2D eigenvalue weighted by molar-refractivity contribution is 9.10. The highest BCUT2D eigenvalue weighted by Crippen LogP contribution is 2.24. The van der Waals surface area contributed by atoms with Gasteiger partial charge in [0, 0.05) is 17.6 Å². The van der Waals surface area contributed by atoms with E-state index >= 15 is 0 Å². The molecule has 3 rings (SSSR count). The van der Waals surface area contributed by atoms with Crippen molar-refractivity contribution in [3.63, 3.8) is 0 Å². The van der Waals surface area contributed by atoms with E-state index in [0.717, 1.165) is 21.0 Å². The number of hydrogen-bond acceptors (Lipinski definition) is 3. The van der Waals surface area contributed by atoms with Crippen LogP contribution in [0.2, 0.25) is 5.15 Å². The molecule has 0 aromatic carbocycles. The van der Waals surface area contributed by atoms with E-state index in [1.54, 1.807) is 16.8 Å². The molecule has 0 spiro atoms. The second kappa shape index (κ2) is 3.15. The van der Waals surface area contributed by atoms with Crippen LogP contribution in [0, 0.1) is 0 Å². The molecule has 3 aromatic rings. The molecule has 0 fully saturated rings. The van der Waals surface area contributed by atoms with Crippen molar-refractivity contribution in [3.05, 3.63) is 34.3 Å². The average molecular weight is 284 g/mol. The molecule has 6 heteroatoms. The van der Waals surface area contributed by atoms with Crippen molar-refractivity contribution < 1.29 is 0 Å². The van der Waals surface area contributed by atoms with Gasteiger partial charge >= 0.3 is 0 Å². The topological polar surface area (TPSA) is 43.1 Å². The minimum atomic E-state index is 0.446. The normalized spacial score (nSPS) is 11.3. The molecule has 3 aromatic heterocycles. The summed E-state index contributed by atoms with van der Waals surface area (Å²) in [5.74, 6) is 0. The van der Waals surface area contributed by atoms with Gasteiger partial charge in [0.2, 0.25) is 0 Å². The van der Waals surface area contributed by atoms with E-state index in [1.165, 1.54) is 6.33 Å². The Morgan fingerprint density at radius 1 is 1.27 bits per heavy atom. The summed E-state index contributed by atoms with van der Waals surface area (Å²) in [6, 6.07) is 3.72. The van der Waals surface area contributed by atoms with Crippen LogP contribution in [-0.4, -0.2) is 19.6 Å². The van der Waals surface area contributed by atoms with E-state index in [2.05, 4.69) is 31.0 Å². The predicted octanol–water partition coefficient (Wildman–Crippen LogP) is 2.69. The summed E-state index contributed by atoms with van der Waals surface area (Å²) in [5.41, 5.74) is 1.66. The van der Waals surface area contributed by atoms with Gasteiger partial charge in [-0.3, -0.25) is 0 Å². The fraction of sp³-hybridized carbons (Fsp3) is 0. The van der Waals surface area contributed by atoms with E-state index in [9.17, 15) is 0 Å². The first-order chi connectivity index (χ1) is 7.25. The number of fused-ring (bicyclic) bond motifs is 3. The number of rotatable bonds is 0. The molecule has 4 nitrogen and oxygen atoms in total. The second-order valence-electron chi connectivity index (χ2n) is 3.05. The summed E-state index contributed by atoms with van der Waals surface area (Å²) in [6.07, 6.45) is 3.22. The van der Waals surface area contributed by atoms with Crippen molar-refractivity contribution in [3.8, 4) is 0 Å². The molecule has 0 N–H and O–H groups in total. The van der Waals surface area contributed by atoms with Crippen molar-refractivity contribution >= 4 is 44.1 Å². The molecule has 0 aliphatic rings. The molecule has 15 heavy (non-hydrogen) atoms. The minimum absolute atomic E-state index is 0.446. The van der Waals surface area contributed by atoms with Gasteiger partial charge in [-0.15, -0.1) is 0 Å². The van der Waals surface area contributed by atoms with Crippen molar-refractivity contribution in [1.82, 2.24) is 19.6 Å². The van der Waals surface area contributed by atoms with Crippen LogP contribution in [0.15, 0.2) is 29.1 Å². The van der Waals surface area contributed by atoms with Crippen molar-refractivity contribution in [2.75, 3.05) is 0 Å². The Bertz CT molecular complexity index is 664. The SMILES string of the molecule is Clc1cc2c(cn1)cc(Br)c1ncnn12. The monoisotopic (exact) mass is 282 g/mol. The number of halogens is 2. The highest BCUT2D eigenvalue weighted by atomic mass is 79.9. The van der Waals surface area contributed by atoms with Gasteiger partial charge in [0.1, 0.15) is 11.5 Å². The van der Waals surface area contributed by atoms with Crippen LogP contribution >= 0.6 is 27.5 Å². The van der Waals surface area contributed by atoms with E-state index in [1.807, 2.05) is 6.07 Å². The largest absolute Gasteiger partial charge is 0.244 e. The lowest BCUT2D eigenvalue weighted by Crippen LogP contribution is -1.92. The number of pyridine rings is 2. The average Bonchev–Trinajstić information content (AvgIpc) is 2.69. The Morgan fingerprint density at radius 3 is 3.00 bits per heavy atom. The van der Waals surface area contributed by atoms with Gasteiger partial charge in [-0.05, 0) is 22.0 Å². The zero-order valence-corrected chi connectivity index (χ0v) is 9.70. The van der Waals surface area contributed by atoms with Crippen LogP contribution in [-0.2, 0) is 0 Å². The zero-order chi connectivity index (χ0) is 10.4. The third-order valence-electron chi connectivity index (χ3n) is 2.15. The lowest BCUT2D eigenvalue weighted by Gasteiger charge is -2.02. The van der Waals surface area contributed by atoms with Crippen molar-refractivity contribution in [1.29, 1.82) is 0 Å². The molecule has 74 valence electrons. The van der Waals surface area contributed by atoms with Crippen molar-refractivity contribution in [2.24, 2.45) is 0 Å². The number of nitrogens with zero attached hydrogens (tertiary/aromatic N) is 4. The molecule has 0 aliphatic carbocycles. The lowest BCUT2D eigenvalue weighted by atomic mass is 10.3. The molecule has 0 saturated carbocycles. The Labute approximate surface area is 98.0 Å². The van der Waals surface area contributed by atoms with Crippen LogP contribution in [0.4, 0.5) is 0 Å². The maximum atomic E-state index is 5.84. The summed E-state index contributed by atoms with van der Waals surface area (Å²) >= 11 is 9.27. The molecule has 0 unspecified atom stereocenters. The summed E-state index contributed by atoms with van der Waals surface area (Å²) in [5, 5.41) is 5.55. The molecule has 0 saturated heterocycles. The Morgan fingerprint density at radius 2 is 2.13 bits per heavy atom. The third kappa shape index (κ3) is 1.31. The minimum Gasteiger partial charge on any atom is -0.244 e. The molecule has 3 heterocycles. The van der Waals surface area contributed by atoms with E-state index in [0.29, 0.717) is 5.15 Å². The maximum Gasteiger partial charge on any atom is 0.170 e. The standard InChI is InChI=1S/C9H4BrClN4/c10-6-1-5-3-12-8(11)2-7(5)15-9(6)13-4-14-15/h1-4H. The number of hydrogen-bond donors (Lipinski definition) is 0. The first-order valence-corrected chi connectivity index (χ1v) is 5.36. The molecule has 0 bridgehead atoms. The Kier molecular flexibility index (Phi) is 1.90. The van der Waals surface area contributed by atoms with Crippen LogP contribution in [0.5, 0.6) is 0 Å². The predicted molar refractivity (Wildman–Crippen MR) is 61.0 cm³/mol. The van der Waals surface area contributed by atoms with Gasteiger partial charge in [-0.2, -0.15) is 5.10 Å². The fourth-order valence-corrected chi connectivity index (χ4v) is 2.18. The third-order valence-corrected chi connectivity index (χ3v) is 2.94.